The second-order valence-electron chi connectivity index (χ2n) is 5.45. The van der Waals surface area contributed by atoms with Gasteiger partial charge in [-0.15, -0.1) is 0 Å². The molecule has 0 aliphatic heterocycles. The number of hydrogen-bond acceptors (Lipinski definition) is 1. The molecule has 3 heteroatoms. The van der Waals surface area contributed by atoms with E-state index in [0.717, 1.165) is 27.9 Å². The van der Waals surface area contributed by atoms with Gasteiger partial charge in [-0.05, 0) is 54.9 Å². The normalized spacial score (nSPS) is 25.3. The third-order valence-electron chi connectivity index (χ3n) is 4.23. The maximum absolute atomic E-state index is 6.35. The molecule has 3 atom stereocenters. The highest BCUT2D eigenvalue weighted by atomic mass is 35.5. The molecule has 0 aromatic heterocycles. The van der Waals surface area contributed by atoms with Gasteiger partial charge in [-0.25, -0.2) is 0 Å². The van der Waals surface area contributed by atoms with Crippen molar-refractivity contribution in [3.8, 4) is 0 Å². The zero-order chi connectivity index (χ0) is 13.1. The van der Waals surface area contributed by atoms with Gasteiger partial charge in [-0.1, -0.05) is 43.0 Å². The molecule has 0 saturated heterocycles. The summed E-state index contributed by atoms with van der Waals surface area (Å²) in [6, 6.07) is 5.82. The van der Waals surface area contributed by atoms with Crippen LogP contribution in [0.15, 0.2) is 18.2 Å². The summed E-state index contributed by atoms with van der Waals surface area (Å²) in [5.41, 5.74) is 7.43. The number of rotatable bonds is 4. The second-order valence-corrected chi connectivity index (χ2v) is 6.29. The van der Waals surface area contributed by atoms with Crippen molar-refractivity contribution in [2.75, 3.05) is 0 Å². The molecule has 0 spiro atoms. The van der Waals surface area contributed by atoms with E-state index in [2.05, 4.69) is 6.92 Å². The molecular formula is C15H21Cl2N. The number of nitrogens with two attached hydrogens (primary N) is 1. The van der Waals surface area contributed by atoms with E-state index < -0.39 is 0 Å². The molecule has 0 radical (unpaired) electrons. The predicted octanol–water partition coefficient (Wildman–Crippen LogP) is 4.69. The van der Waals surface area contributed by atoms with Crippen molar-refractivity contribution in [2.45, 2.75) is 45.1 Å². The van der Waals surface area contributed by atoms with Crippen molar-refractivity contribution < 1.29 is 0 Å². The van der Waals surface area contributed by atoms with Crippen LogP contribution in [0.3, 0.4) is 0 Å². The smallest absolute Gasteiger partial charge is 0.0439 e. The summed E-state index contributed by atoms with van der Waals surface area (Å²) in [5.74, 6) is 1.51. The summed E-state index contributed by atoms with van der Waals surface area (Å²) in [5, 5.41) is 1.51. The highest BCUT2D eigenvalue weighted by molar-refractivity contribution is 6.33. The molecule has 1 aliphatic carbocycles. The van der Waals surface area contributed by atoms with E-state index >= 15 is 0 Å². The van der Waals surface area contributed by atoms with E-state index in [1.807, 2.05) is 18.2 Å². The molecule has 1 aromatic rings. The van der Waals surface area contributed by atoms with E-state index in [0.29, 0.717) is 5.92 Å². The molecule has 2 rings (SSSR count). The Labute approximate surface area is 120 Å². The van der Waals surface area contributed by atoms with Gasteiger partial charge in [-0.3, -0.25) is 0 Å². The van der Waals surface area contributed by atoms with Crippen molar-refractivity contribution >= 4 is 23.2 Å². The van der Waals surface area contributed by atoms with Gasteiger partial charge in [0.2, 0.25) is 0 Å². The minimum atomic E-state index is 0.206. The molecule has 18 heavy (non-hydrogen) atoms. The average Bonchev–Trinajstić information content (AvgIpc) is 2.82. The van der Waals surface area contributed by atoms with E-state index in [1.165, 1.54) is 25.7 Å². The molecule has 0 bridgehead atoms. The molecule has 2 N–H and O–H groups in total. The Bertz CT molecular complexity index is 405. The minimum absolute atomic E-state index is 0.206. The van der Waals surface area contributed by atoms with E-state index in [9.17, 15) is 0 Å². The van der Waals surface area contributed by atoms with Crippen LogP contribution < -0.4 is 5.73 Å². The topological polar surface area (TPSA) is 26.0 Å². The standard InChI is InChI=1S/C15H21Cl2N/c1-2-10-3-4-11(7-10)15(18)9-12-8-13(16)5-6-14(12)17/h5-6,8,10-11,15H,2-4,7,9,18H2,1H3. The molecular weight excluding hydrogens is 265 g/mol. The van der Waals surface area contributed by atoms with Gasteiger partial charge in [-0.2, -0.15) is 0 Å². The fraction of sp³-hybridized carbons (Fsp3) is 0.600. The van der Waals surface area contributed by atoms with Crippen LogP contribution >= 0.6 is 23.2 Å². The zero-order valence-corrected chi connectivity index (χ0v) is 12.3. The lowest BCUT2D eigenvalue weighted by Gasteiger charge is -2.20. The van der Waals surface area contributed by atoms with Crippen LogP contribution in [0.4, 0.5) is 0 Å². The van der Waals surface area contributed by atoms with Crippen LogP contribution in [-0.2, 0) is 6.42 Å². The Morgan fingerprint density at radius 3 is 2.78 bits per heavy atom. The molecule has 1 aromatic carbocycles. The van der Waals surface area contributed by atoms with Gasteiger partial charge in [0.05, 0.1) is 0 Å². The minimum Gasteiger partial charge on any atom is -0.327 e. The van der Waals surface area contributed by atoms with Crippen LogP contribution in [0.5, 0.6) is 0 Å². The summed E-state index contributed by atoms with van der Waals surface area (Å²) < 4.78 is 0. The number of hydrogen-bond donors (Lipinski definition) is 1. The third kappa shape index (κ3) is 3.40. The summed E-state index contributed by atoms with van der Waals surface area (Å²) in [7, 11) is 0. The first-order valence-electron chi connectivity index (χ1n) is 6.79. The molecule has 1 aliphatic rings. The molecule has 100 valence electrons. The molecule has 0 heterocycles. The SMILES string of the molecule is CCC1CCC(C(N)Cc2cc(Cl)ccc2Cl)C1. The number of benzene rings is 1. The van der Waals surface area contributed by atoms with Crippen molar-refractivity contribution in [1.82, 2.24) is 0 Å². The first-order chi connectivity index (χ1) is 8.60. The molecule has 0 amide bonds. The molecule has 1 fully saturated rings. The van der Waals surface area contributed by atoms with Crippen molar-refractivity contribution in [1.29, 1.82) is 0 Å². The summed E-state index contributed by atoms with van der Waals surface area (Å²) >= 11 is 12.2. The molecule has 1 saturated carbocycles. The Kier molecular flexibility index (Phi) is 4.94. The summed E-state index contributed by atoms with van der Waals surface area (Å²) in [4.78, 5) is 0. The molecule has 1 nitrogen and oxygen atoms in total. The van der Waals surface area contributed by atoms with Crippen LogP contribution in [0.25, 0.3) is 0 Å². The van der Waals surface area contributed by atoms with Crippen molar-refractivity contribution in [2.24, 2.45) is 17.6 Å². The van der Waals surface area contributed by atoms with Gasteiger partial charge in [0.15, 0.2) is 0 Å². The fourth-order valence-electron chi connectivity index (χ4n) is 2.99. The largest absolute Gasteiger partial charge is 0.327 e. The van der Waals surface area contributed by atoms with Gasteiger partial charge >= 0.3 is 0 Å². The Morgan fingerprint density at radius 1 is 1.33 bits per heavy atom. The lowest BCUT2D eigenvalue weighted by Crippen LogP contribution is -2.31. The van der Waals surface area contributed by atoms with Crippen LogP contribution in [0, 0.1) is 11.8 Å². The maximum atomic E-state index is 6.35. The van der Waals surface area contributed by atoms with Crippen LogP contribution in [-0.4, -0.2) is 6.04 Å². The van der Waals surface area contributed by atoms with Crippen LogP contribution in [0.2, 0.25) is 10.0 Å². The highest BCUT2D eigenvalue weighted by Gasteiger charge is 2.28. The Morgan fingerprint density at radius 2 is 2.11 bits per heavy atom. The third-order valence-corrected chi connectivity index (χ3v) is 4.83. The highest BCUT2D eigenvalue weighted by Crippen LogP contribution is 2.35. The van der Waals surface area contributed by atoms with Gasteiger partial charge < -0.3 is 5.73 Å². The fourth-order valence-corrected chi connectivity index (χ4v) is 3.38. The van der Waals surface area contributed by atoms with E-state index in [1.54, 1.807) is 0 Å². The summed E-state index contributed by atoms with van der Waals surface area (Å²) in [6.07, 6.45) is 5.98. The lowest BCUT2D eigenvalue weighted by molar-refractivity contribution is 0.405. The average molecular weight is 286 g/mol. The predicted molar refractivity (Wildman–Crippen MR) is 79.3 cm³/mol. The van der Waals surface area contributed by atoms with Crippen LogP contribution in [0.1, 0.15) is 38.2 Å². The quantitative estimate of drug-likeness (QED) is 0.853. The van der Waals surface area contributed by atoms with Gasteiger partial charge in [0.25, 0.3) is 0 Å². The number of halogens is 2. The van der Waals surface area contributed by atoms with Crippen molar-refractivity contribution in [3.05, 3.63) is 33.8 Å². The second kappa shape index (κ2) is 6.27. The maximum Gasteiger partial charge on any atom is 0.0439 e. The summed E-state index contributed by atoms with van der Waals surface area (Å²) in [6.45, 7) is 2.27. The van der Waals surface area contributed by atoms with E-state index in [4.69, 9.17) is 28.9 Å². The monoisotopic (exact) mass is 285 g/mol. The molecule has 3 unspecified atom stereocenters. The van der Waals surface area contributed by atoms with Crippen molar-refractivity contribution in [3.63, 3.8) is 0 Å². The lowest BCUT2D eigenvalue weighted by atomic mass is 9.91. The first-order valence-corrected chi connectivity index (χ1v) is 7.55. The van der Waals surface area contributed by atoms with Gasteiger partial charge in [0.1, 0.15) is 0 Å². The Balaban J connectivity index is 1.98. The Hall–Kier alpha value is -0.240. The first kappa shape index (κ1) is 14.2. The zero-order valence-electron chi connectivity index (χ0n) is 10.8. The van der Waals surface area contributed by atoms with Gasteiger partial charge in [0, 0.05) is 16.1 Å². The van der Waals surface area contributed by atoms with E-state index in [-0.39, 0.29) is 6.04 Å².